The zero-order chi connectivity index (χ0) is 12.4. The second kappa shape index (κ2) is 4.57. The van der Waals surface area contributed by atoms with Gasteiger partial charge in [0.2, 0.25) is 11.8 Å². The van der Waals surface area contributed by atoms with Crippen molar-refractivity contribution in [3.05, 3.63) is 35.4 Å². The maximum absolute atomic E-state index is 11.7. The number of aryl methyl sites for hydroxylation is 1. The van der Waals surface area contributed by atoms with Crippen LogP contribution < -0.4 is 5.73 Å². The quantitative estimate of drug-likeness (QED) is 0.839. The molecule has 1 aliphatic rings. The first-order chi connectivity index (χ1) is 8.06. The lowest BCUT2D eigenvalue weighted by molar-refractivity contribution is -0.128. The van der Waals surface area contributed by atoms with Crippen molar-refractivity contribution in [2.75, 3.05) is 6.54 Å². The van der Waals surface area contributed by atoms with Crippen molar-refractivity contribution in [1.29, 1.82) is 0 Å². The largest absolute Gasteiger partial charge is 0.369 e. The molecule has 1 aromatic rings. The van der Waals surface area contributed by atoms with Crippen LogP contribution in [0.4, 0.5) is 0 Å². The number of rotatable bonds is 3. The summed E-state index contributed by atoms with van der Waals surface area (Å²) in [4.78, 5) is 24.4. The number of benzene rings is 1. The van der Waals surface area contributed by atoms with Crippen LogP contribution in [0.2, 0.25) is 0 Å². The third-order valence-corrected chi connectivity index (χ3v) is 3.11. The summed E-state index contributed by atoms with van der Waals surface area (Å²) < 4.78 is 0. The maximum Gasteiger partial charge on any atom is 0.223 e. The molecule has 2 amide bonds. The monoisotopic (exact) mass is 232 g/mol. The second-order valence-corrected chi connectivity index (χ2v) is 4.56. The molecule has 0 bridgehead atoms. The van der Waals surface area contributed by atoms with Crippen LogP contribution in [0, 0.1) is 12.8 Å². The number of nitrogens with zero attached hydrogens (tertiary/aromatic N) is 1. The number of hydrogen-bond acceptors (Lipinski definition) is 2. The summed E-state index contributed by atoms with van der Waals surface area (Å²) in [6, 6.07) is 8.03. The van der Waals surface area contributed by atoms with Gasteiger partial charge in [0, 0.05) is 19.5 Å². The first-order valence-corrected chi connectivity index (χ1v) is 5.69. The lowest BCUT2D eigenvalue weighted by Gasteiger charge is -2.16. The van der Waals surface area contributed by atoms with Crippen LogP contribution in [-0.2, 0) is 16.1 Å². The predicted molar refractivity (Wildman–Crippen MR) is 63.9 cm³/mol. The highest BCUT2D eigenvalue weighted by molar-refractivity contribution is 5.88. The Morgan fingerprint density at radius 3 is 2.59 bits per heavy atom. The van der Waals surface area contributed by atoms with Crippen LogP contribution in [0.25, 0.3) is 0 Å². The number of nitrogens with two attached hydrogens (primary N) is 1. The Labute approximate surface area is 100 Å². The van der Waals surface area contributed by atoms with Gasteiger partial charge in [-0.3, -0.25) is 9.59 Å². The standard InChI is InChI=1S/C13H16N2O2/c1-9-2-4-10(5-3-9)7-15-8-11(13(14)17)6-12(15)16/h2-5,11H,6-8H2,1H3,(H2,14,17)/t11-/m1/s1. The fourth-order valence-electron chi connectivity index (χ4n) is 2.03. The highest BCUT2D eigenvalue weighted by Crippen LogP contribution is 2.19. The third-order valence-electron chi connectivity index (χ3n) is 3.11. The van der Waals surface area contributed by atoms with E-state index in [-0.39, 0.29) is 24.2 Å². The Morgan fingerprint density at radius 2 is 2.06 bits per heavy atom. The van der Waals surface area contributed by atoms with Crippen LogP contribution in [0.5, 0.6) is 0 Å². The van der Waals surface area contributed by atoms with Gasteiger partial charge in [-0.15, -0.1) is 0 Å². The zero-order valence-electron chi connectivity index (χ0n) is 9.85. The van der Waals surface area contributed by atoms with E-state index in [9.17, 15) is 9.59 Å². The lowest BCUT2D eigenvalue weighted by atomic mass is 10.1. The smallest absolute Gasteiger partial charge is 0.223 e. The van der Waals surface area contributed by atoms with Crippen molar-refractivity contribution >= 4 is 11.8 Å². The van der Waals surface area contributed by atoms with Gasteiger partial charge in [0.15, 0.2) is 0 Å². The van der Waals surface area contributed by atoms with Crippen LogP contribution in [-0.4, -0.2) is 23.3 Å². The van der Waals surface area contributed by atoms with E-state index < -0.39 is 0 Å². The summed E-state index contributed by atoms with van der Waals surface area (Å²) in [6.07, 6.45) is 0.251. The third kappa shape index (κ3) is 2.64. The topological polar surface area (TPSA) is 63.4 Å². The van der Waals surface area contributed by atoms with Crippen LogP contribution in [0.1, 0.15) is 17.5 Å². The van der Waals surface area contributed by atoms with E-state index in [1.54, 1.807) is 4.90 Å². The van der Waals surface area contributed by atoms with Crippen molar-refractivity contribution in [2.24, 2.45) is 11.7 Å². The van der Waals surface area contributed by atoms with Crippen LogP contribution in [0.3, 0.4) is 0 Å². The molecule has 1 aliphatic heterocycles. The molecule has 0 unspecified atom stereocenters. The Hall–Kier alpha value is -1.84. The van der Waals surface area contributed by atoms with Gasteiger partial charge in [-0.1, -0.05) is 29.8 Å². The summed E-state index contributed by atoms with van der Waals surface area (Å²) in [6.45, 7) is 3.03. The Kier molecular flexibility index (Phi) is 3.13. The zero-order valence-corrected chi connectivity index (χ0v) is 9.85. The minimum atomic E-state index is -0.384. The summed E-state index contributed by atoms with van der Waals surface area (Å²) >= 11 is 0. The van der Waals surface area contributed by atoms with E-state index in [0.717, 1.165) is 5.56 Å². The van der Waals surface area contributed by atoms with Crippen LogP contribution >= 0.6 is 0 Å². The minimum absolute atomic E-state index is 0.00868. The molecule has 90 valence electrons. The summed E-state index contributed by atoms with van der Waals surface area (Å²) in [5, 5.41) is 0. The molecule has 1 fully saturated rings. The van der Waals surface area contributed by atoms with E-state index in [4.69, 9.17) is 5.73 Å². The van der Waals surface area contributed by atoms with E-state index in [2.05, 4.69) is 0 Å². The molecule has 0 aliphatic carbocycles. The number of primary amides is 1. The Morgan fingerprint density at radius 1 is 1.41 bits per heavy atom. The minimum Gasteiger partial charge on any atom is -0.369 e. The Bertz CT molecular complexity index is 439. The summed E-state index contributed by atoms with van der Waals surface area (Å²) in [5.41, 5.74) is 7.49. The average Bonchev–Trinajstić information content (AvgIpc) is 2.64. The van der Waals surface area contributed by atoms with Crippen molar-refractivity contribution in [1.82, 2.24) is 4.90 Å². The fraction of sp³-hybridized carbons (Fsp3) is 0.385. The summed E-state index contributed by atoms with van der Waals surface area (Å²) in [5.74, 6) is -0.702. The molecular weight excluding hydrogens is 216 g/mol. The van der Waals surface area contributed by atoms with E-state index in [1.807, 2.05) is 31.2 Å². The second-order valence-electron chi connectivity index (χ2n) is 4.56. The van der Waals surface area contributed by atoms with E-state index in [1.165, 1.54) is 5.56 Å². The van der Waals surface area contributed by atoms with Crippen LogP contribution in [0.15, 0.2) is 24.3 Å². The number of likely N-dealkylation sites (tertiary alicyclic amines) is 1. The summed E-state index contributed by atoms with van der Waals surface area (Å²) in [7, 11) is 0. The van der Waals surface area contributed by atoms with Gasteiger partial charge in [-0.2, -0.15) is 0 Å². The molecule has 4 heteroatoms. The van der Waals surface area contributed by atoms with Gasteiger partial charge in [0.1, 0.15) is 0 Å². The number of carbonyl (C=O) groups excluding carboxylic acids is 2. The maximum atomic E-state index is 11.7. The molecule has 0 spiro atoms. The lowest BCUT2D eigenvalue weighted by Crippen LogP contribution is -2.28. The fourth-order valence-corrected chi connectivity index (χ4v) is 2.03. The Balaban J connectivity index is 2.02. The molecule has 1 atom stereocenters. The van der Waals surface area contributed by atoms with Gasteiger partial charge in [-0.25, -0.2) is 0 Å². The molecule has 2 N–H and O–H groups in total. The first-order valence-electron chi connectivity index (χ1n) is 5.69. The van der Waals surface area contributed by atoms with Crippen molar-refractivity contribution in [3.63, 3.8) is 0 Å². The van der Waals surface area contributed by atoms with Crippen molar-refractivity contribution in [2.45, 2.75) is 19.9 Å². The van der Waals surface area contributed by atoms with Gasteiger partial charge in [-0.05, 0) is 12.5 Å². The van der Waals surface area contributed by atoms with E-state index in [0.29, 0.717) is 13.1 Å². The first kappa shape index (κ1) is 11.6. The highest BCUT2D eigenvalue weighted by Gasteiger charge is 2.32. The highest BCUT2D eigenvalue weighted by atomic mass is 16.2. The number of hydrogen-bond donors (Lipinski definition) is 1. The molecular formula is C13H16N2O2. The molecule has 4 nitrogen and oxygen atoms in total. The number of carbonyl (C=O) groups is 2. The van der Waals surface area contributed by atoms with E-state index >= 15 is 0 Å². The normalized spacial score (nSPS) is 19.7. The molecule has 0 saturated carbocycles. The van der Waals surface area contributed by atoms with Gasteiger partial charge in [0.25, 0.3) is 0 Å². The van der Waals surface area contributed by atoms with Gasteiger partial charge >= 0.3 is 0 Å². The molecule has 1 saturated heterocycles. The SMILES string of the molecule is Cc1ccc(CN2C[C@H](C(N)=O)CC2=O)cc1. The molecule has 1 aromatic carbocycles. The van der Waals surface area contributed by atoms with Gasteiger partial charge < -0.3 is 10.6 Å². The predicted octanol–water partition coefficient (Wildman–Crippen LogP) is 0.829. The molecule has 0 radical (unpaired) electrons. The molecule has 17 heavy (non-hydrogen) atoms. The van der Waals surface area contributed by atoms with Crippen molar-refractivity contribution in [3.8, 4) is 0 Å². The average molecular weight is 232 g/mol. The van der Waals surface area contributed by atoms with Crippen molar-refractivity contribution < 1.29 is 9.59 Å². The molecule has 2 rings (SSSR count). The number of amides is 2. The molecule has 1 heterocycles. The molecule has 0 aromatic heterocycles. The van der Waals surface area contributed by atoms with Gasteiger partial charge in [0.05, 0.1) is 5.92 Å².